The highest BCUT2D eigenvalue weighted by Crippen LogP contribution is 2.25. The molecule has 0 saturated carbocycles. The van der Waals surface area contributed by atoms with Crippen LogP contribution < -0.4 is 5.73 Å². The van der Waals surface area contributed by atoms with Gasteiger partial charge in [-0.15, -0.1) is 0 Å². The third-order valence-corrected chi connectivity index (χ3v) is 2.53. The van der Waals surface area contributed by atoms with Crippen LogP contribution in [0, 0.1) is 0 Å². The molecule has 11 heavy (non-hydrogen) atoms. The summed E-state index contributed by atoms with van der Waals surface area (Å²) in [6.45, 7) is 7.05. The highest BCUT2D eigenvalue weighted by Gasteiger charge is 2.40. The van der Waals surface area contributed by atoms with Crippen LogP contribution in [0.2, 0.25) is 0 Å². The number of hydrogen-bond acceptors (Lipinski definition) is 3. The molecular weight excluding hydrogens is 140 g/mol. The van der Waals surface area contributed by atoms with Crippen molar-refractivity contribution in [1.29, 1.82) is 0 Å². The summed E-state index contributed by atoms with van der Waals surface area (Å²) in [5, 5.41) is 0. The molecule has 0 radical (unpaired) electrons. The number of rotatable bonds is 3. The number of nitrogens with two attached hydrogens (primary N) is 1. The summed E-state index contributed by atoms with van der Waals surface area (Å²) < 4.78 is 5.32. The lowest BCUT2D eigenvalue weighted by Crippen LogP contribution is -2.64. The molecule has 0 aliphatic carbocycles. The molecule has 1 heterocycles. The van der Waals surface area contributed by atoms with Gasteiger partial charge >= 0.3 is 0 Å². The predicted molar refractivity (Wildman–Crippen MR) is 45.5 cm³/mol. The second-order valence-electron chi connectivity index (χ2n) is 3.64. The molecule has 1 aliphatic rings. The summed E-state index contributed by atoms with van der Waals surface area (Å²) in [4.78, 5) is 2.34. The Hall–Kier alpha value is -0.120. The maximum absolute atomic E-state index is 5.53. The Morgan fingerprint density at radius 2 is 2.18 bits per heavy atom. The number of likely N-dealkylation sites (tertiary alicyclic amines) is 1. The second kappa shape index (κ2) is 3.09. The SMILES string of the molecule is COC1(C)CN(C(C)CN)C1. The van der Waals surface area contributed by atoms with E-state index in [4.69, 9.17) is 10.5 Å². The summed E-state index contributed by atoms with van der Waals surface area (Å²) in [6.07, 6.45) is 0. The van der Waals surface area contributed by atoms with E-state index in [0.717, 1.165) is 19.6 Å². The zero-order valence-electron chi connectivity index (χ0n) is 7.63. The van der Waals surface area contributed by atoms with Gasteiger partial charge in [-0.25, -0.2) is 0 Å². The van der Waals surface area contributed by atoms with E-state index in [9.17, 15) is 0 Å². The Bertz CT molecular complexity index is 132. The molecule has 1 saturated heterocycles. The zero-order chi connectivity index (χ0) is 8.48. The van der Waals surface area contributed by atoms with Crippen molar-refractivity contribution in [2.24, 2.45) is 5.73 Å². The molecule has 2 N–H and O–H groups in total. The van der Waals surface area contributed by atoms with Crippen molar-refractivity contribution in [1.82, 2.24) is 4.90 Å². The summed E-state index contributed by atoms with van der Waals surface area (Å²) in [6, 6.07) is 0.498. The van der Waals surface area contributed by atoms with Gasteiger partial charge in [0.25, 0.3) is 0 Å². The molecule has 66 valence electrons. The first-order valence-electron chi connectivity index (χ1n) is 4.10. The lowest BCUT2D eigenvalue weighted by Gasteiger charge is -2.49. The predicted octanol–water partition coefficient (Wildman–Crippen LogP) is 0.0543. The van der Waals surface area contributed by atoms with Crippen molar-refractivity contribution in [3.8, 4) is 0 Å². The van der Waals surface area contributed by atoms with Crippen molar-refractivity contribution in [2.75, 3.05) is 26.7 Å². The minimum Gasteiger partial charge on any atom is -0.376 e. The molecule has 1 fully saturated rings. The Kier molecular flexibility index (Phi) is 2.52. The van der Waals surface area contributed by atoms with Gasteiger partial charge in [0.2, 0.25) is 0 Å². The Morgan fingerprint density at radius 3 is 2.55 bits per heavy atom. The Balaban J connectivity index is 2.28. The normalized spacial score (nSPS) is 26.2. The van der Waals surface area contributed by atoms with E-state index >= 15 is 0 Å². The lowest BCUT2D eigenvalue weighted by molar-refractivity contribution is -0.122. The second-order valence-corrected chi connectivity index (χ2v) is 3.64. The largest absolute Gasteiger partial charge is 0.376 e. The molecular formula is C8H18N2O. The third-order valence-electron chi connectivity index (χ3n) is 2.53. The van der Waals surface area contributed by atoms with Crippen LogP contribution in [0.15, 0.2) is 0 Å². The average Bonchev–Trinajstić information content (AvgIpc) is 1.97. The van der Waals surface area contributed by atoms with E-state index in [0.29, 0.717) is 6.04 Å². The lowest BCUT2D eigenvalue weighted by atomic mass is 9.94. The maximum Gasteiger partial charge on any atom is 0.0903 e. The van der Waals surface area contributed by atoms with E-state index in [1.165, 1.54) is 0 Å². The van der Waals surface area contributed by atoms with Gasteiger partial charge in [-0.1, -0.05) is 0 Å². The van der Waals surface area contributed by atoms with Crippen molar-refractivity contribution >= 4 is 0 Å². The van der Waals surface area contributed by atoms with Crippen LogP contribution in [0.25, 0.3) is 0 Å². The van der Waals surface area contributed by atoms with Gasteiger partial charge < -0.3 is 10.5 Å². The van der Waals surface area contributed by atoms with Crippen molar-refractivity contribution in [3.63, 3.8) is 0 Å². The van der Waals surface area contributed by atoms with Gasteiger partial charge in [0.05, 0.1) is 5.60 Å². The highest BCUT2D eigenvalue weighted by atomic mass is 16.5. The fourth-order valence-corrected chi connectivity index (χ4v) is 1.40. The Morgan fingerprint density at radius 1 is 1.64 bits per heavy atom. The van der Waals surface area contributed by atoms with E-state index in [1.807, 2.05) is 0 Å². The van der Waals surface area contributed by atoms with Crippen molar-refractivity contribution in [2.45, 2.75) is 25.5 Å². The first-order chi connectivity index (χ1) is 5.11. The minimum absolute atomic E-state index is 0.0867. The van der Waals surface area contributed by atoms with Crippen molar-refractivity contribution in [3.05, 3.63) is 0 Å². The fraction of sp³-hybridized carbons (Fsp3) is 1.00. The van der Waals surface area contributed by atoms with E-state index in [1.54, 1.807) is 7.11 Å². The van der Waals surface area contributed by atoms with Crippen LogP contribution in [-0.4, -0.2) is 43.3 Å². The van der Waals surface area contributed by atoms with Crippen LogP contribution in [-0.2, 0) is 4.74 Å². The molecule has 1 atom stereocenters. The summed E-state index contributed by atoms with van der Waals surface area (Å²) in [7, 11) is 1.77. The van der Waals surface area contributed by atoms with Gasteiger partial charge in [0.1, 0.15) is 0 Å². The van der Waals surface area contributed by atoms with Gasteiger partial charge in [0, 0.05) is 32.8 Å². The molecule has 0 aromatic rings. The molecule has 0 spiro atoms. The van der Waals surface area contributed by atoms with Crippen LogP contribution in [0.4, 0.5) is 0 Å². The number of hydrogen-bond donors (Lipinski definition) is 1. The first-order valence-corrected chi connectivity index (χ1v) is 4.10. The van der Waals surface area contributed by atoms with E-state index < -0.39 is 0 Å². The number of nitrogens with zero attached hydrogens (tertiary/aromatic N) is 1. The standard InChI is InChI=1S/C8H18N2O/c1-7(4-9)10-5-8(2,6-10)11-3/h7H,4-6,9H2,1-3H3. The van der Waals surface area contributed by atoms with Crippen LogP contribution in [0.5, 0.6) is 0 Å². The molecule has 0 amide bonds. The molecule has 1 aliphatic heterocycles. The summed E-state index contributed by atoms with van der Waals surface area (Å²) >= 11 is 0. The molecule has 1 unspecified atom stereocenters. The monoisotopic (exact) mass is 158 g/mol. The number of ether oxygens (including phenoxy) is 1. The first kappa shape index (κ1) is 8.97. The quantitative estimate of drug-likeness (QED) is 0.631. The third kappa shape index (κ3) is 1.72. The minimum atomic E-state index is 0.0867. The maximum atomic E-state index is 5.53. The summed E-state index contributed by atoms with van der Waals surface area (Å²) in [5.41, 5.74) is 5.62. The molecule has 3 nitrogen and oxygen atoms in total. The van der Waals surface area contributed by atoms with E-state index in [-0.39, 0.29) is 5.60 Å². The zero-order valence-corrected chi connectivity index (χ0v) is 7.63. The fourth-order valence-electron chi connectivity index (χ4n) is 1.40. The van der Waals surface area contributed by atoms with Crippen molar-refractivity contribution < 1.29 is 4.74 Å². The van der Waals surface area contributed by atoms with Crippen LogP contribution >= 0.6 is 0 Å². The molecule has 3 heteroatoms. The Labute approximate surface area is 68.5 Å². The van der Waals surface area contributed by atoms with Gasteiger partial charge in [-0.2, -0.15) is 0 Å². The molecule has 0 bridgehead atoms. The van der Waals surface area contributed by atoms with Gasteiger partial charge in [-0.3, -0.25) is 4.90 Å². The average molecular weight is 158 g/mol. The molecule has 0 aromatic heterocycles. The van der Waals surface area contributed by atoms with Gasteiger partial charge in [-0.05, 0) is 13.8 Å². The van der Waals surface area contributed by atoms with Crippen LogP contribution in [0.3, 0.4) is 0 Å². The molecule has 1 rings (SSSR count). The highest BCUT2D eigenvalue weighted by molar-refractivity contribution is 4.95. The topological polar surface area (TPSA) is 38.5 Å². The molecule has 0 aromatic carbocycles. The summed E-state index contributed by atoms with van der Waals surface area (Å²) in [5.74, 6) is 0. The number of methoxy groups -OCH3 is 1. The van der Waals surface area contributed by atoms with E-state index in [2.05, 4.69) is 18.7 Å². The van der Waals surface area contributed by atoms with Gasteiger partial charge in [0.15, 0.2) is 0 Å². The van der Waals surface area contributed by atoms with Crippen LogP contribution in [0.1, 0.15) is 13.8 Å². The smallest absolute Gasteiger partial charge is 0.0903 e.